The molecule has 0 amide bonds. The average molecular weight is 384 g/mol. The third kappa shape index (κ3) is 4.48. The lowest BCUT2D eigenvalue weighted by molar-refractivity contribution is -0.149. The van der Waals surface area contributed by atoms with Crippen molar-refractivity contribution < 1.29 is 40.2 Å². The summed E-state index contributed by atoms with van der Waals surface area (Å²) < 4.78 is 5.75. The van der Waals surface area contributed by atoms with Crippen molar-refractivity contribution in [3.8, 4) is 0 Å². The van der Waals surface area contributed by atoms with Gasteiger partial charge in [-0.3, -0.25) is 4.79 Å². The van der Waals surface area contributed by atoms with Crippen LogP contribution in [0.25, 0.3) is 0 Å². The van der Waals surface area contributed by atoms with Crippen molar-refractivity contribution in [2.24, 2.45) is 0 Å². The number of aliphatic carboxylic acids is 1. The SMILES string of the molecule is CC(C)(O)C1CC2(O)C(O1)C(CO)=C(/C=C/C=C/CCC(=O)O)C(O)C2O. The Labute approximate surface area is 157 Å². The lowest BCUT2D eigenvalue weighted by atomic mass is 9.72. The molecule has 0 radical (unpaired) electrons. The summed E-state index contributed by atoms with van der Waals surface area (Å²) in [6.07, 6.45) is 1.68. The van der Waals surface area contributed by atoms with Gasteiger partial charge in [-0.2, -0.15) is 0 Å². The molecule has 5 unspecified atom stereocenters. The minimum absolute atomic E-state index is 0.00243. The average Bonchev–Trinajstić information content (AvgIpc) is 2.94. The van der Waals surface area contributed by atoms with Crippen LogP contribution in [0.4, 0.5) is 0 Å². The summed E-state index contributed by atoms with van der Waals surface area (Å²) in [5, 5.41) is 60.4. The van der Waals surface area contributed by atoms with Crippen LogP contribution >= 0.6 is 0 Å². The van der Waals surface area contributed by atoms with Crippen LogP contribution in [0.15, 0.2) is 35.5 Å². The summed E-state index contributed by atoms with van der Waals surface area (Å²) >= 11 is 0. The molecule has 1 aliphatic heterocycles. The van der Waals surface area contributed by atoms with Crippen LogP contribution in [0.1, 0.15) is 33.1 Å². The Morgan fingerprint density at radius 3 is 2.56 bits per heavy atom. The molecular formula is C19H28O8. The molecule has 1 heterocycles. The first-order valence-electron chi connectivity index (χ1n) is 8.87. The number of carboxylic acid groups (broad SMARTS) is 1. The summed E-state index contributed by atoms with van der Waals surface area (Å²) in [7, 11) is 0. The van der Waals surface area contributed by atoms with Gasteiger partial charge in [0.25, 0.3) is 0 Å². The smallest absolute Gasteiger partial charge is 0.303 e. The molecule has 5 atom stereocenters. The summed E-state index contributed by atoms with van der Waals surface area (Å²) in [6.45, 7) is 2.54. The van der Waals surface area contributed by atoms with Gasteiger partial charge < -0.3 is 35.4 Å². The van der Waals surface area contributed by atoms with Gasteiger partial charge in [-0.15, -0.1) is 0 Å². The van der Waals surface area contributed by atoms with Gasteiger partial charge in [-0.05, 0) is 31.4 Å². The van der Waals surface area contributed by atoms with Crippen molar-refractivity contribution in [1.29, 1.82) is 0 Å². The zero-order valence-electron chi connectivity index (χ0n) is 15.4. The fraction of sp³-hybridized carbons (Fsp3) is 0.632. The van der Waals surface area contributed by atoms with Gasteiger partial charge in [-0.25, -0.2) is 0 Å². The highest BCUT2D eigenvalue weighted by Gasteiger charge is 2.60. The molecule has 0 aromatic rings. The summed E-state index contributed by atoms with van der Waals surface area (Å²) in [5.74, 6) is -0.904. The second kappa shape index (κ2) is 8.22. The molecule has 0 aromatic heterocycles. The molecule has 8 heteroatoms. The van der Waals surface area contributed by atoms with E-state index in [1.807, 2.05) is 0 Å². The highest BCUT2D eigenvalue weighted by atomic mass is 16.5. The zero-order valence-corrected chi connectivity index (χ0v) is 15.4. The topological polar surface area (TPSA) is 148 Å². The number of carboxylic acids is 1. The van der Waals surface area contributed by atoms with Crippen molar-refractivity contribution in [3.05, 3.63) is 35.5 Å². The minimum atomic E-state index is -1.82. The Balaban J connectivity index is 2.28. The highest BCUT2D eigenvalue weighted by molar-refractivity contribution is 5.66. The maximum atomic E-state index is 10.9. The fourth-order valence-electron chi connectivity index (χ4n) is 3.52. The minimum Gasteiger partial charge on any atom is -0.481 e. The van der Waals surface area contributed by atoms with Crippen molar-refractivity contribution >= 4 is 5.97 Å². The fourth-order valence-corrected chi connectivity index (χ4v) is 3.52. The molecular weight excluding hydrogens is 356 g/mol. The molecule has 1 aliphatic carbocycles. The number of fused-ring (bicyclic) bond motifs is 1. The largest absolute Gasteiger partial charge is 0.481 e. The quantitative estimate of drug-likeness (QED) is 0.326. The van der Waals surface area contributed by atoms with Gasteiger partial charge in [-0.1, -0.05) is 24.3 Å². The number of hydrogen-bond acceptors (Lipinski definition) is 7. The van der Waals surface area contributed by atoms with E-state index in [-0.39, 0.29) is 24.0 Å². The molecule has 0 aromatic carbocycles. The van der Waals surface area contributed by atoms with Crippen LogP contribution < -0.4 is 0 Å². The molecule has 27 heavy (non-hydrogen) atoms. The summed E-state index contributed by atoms with van der Waals surface area (Å²) in [4.78, 5) is 10.5. The van der Waals surface area contributed by atoms with Crippen molar-refractivity contribution in [1.82, 2.24) is 0 Å². The molecule has 0 spiro atoms. The van der Waals surface area contributed by atoms with E-state index < -0.39 is 48.2 Å². The van der Waals surface area contributed by atoms with Gasteiger partial charge >= 0.3 is 5.97 Å². The molecule has 2 rings (SSSR count). The van der Waals surface area contributed by atoms with Gasteiger partial charge in [0.05, 0.1) is 18.3 Å². The lowest BCUT2D eigenvalue weighted by Crippen LogP contribution is -2.59. The first kappa shape index (κ1) is 21.7. The number of allylic oxidation sites excluding steroid dienone is 3. The monoisotopic (exact) mass is 384 g/mol. The second-order valence-electron chi connectivity index (χ2n) is 7.60. The van der Waals surface area contributed by atoms with Gasteiger partial charge in [0, 0.05) is 12.8 Å². The van der Waals surface area contributed by atoms with Crippen molar-refractivity contribution in [2.45, 2.75) is 68.7 Å². The van der Waals surface area contributed by atoms with E-state index in [1.54, 1.807) is 18.2 Å². The van der Waals surface area contributed by atoms with Crippen LogP contribution in [0, 0.1) is 0 Å². The molecule has 2 aliphatic rings. The van der Waals surface area contributed by atoms with Gasteiger partial charge in [0.15, 0.2) is 0 Å². The first-order valence-corrected chi connectivity index (χ1v) is 8.87. The van der Waals surface area contributed by atoms with Crippen LogP contribution in [0.2, 0.25) is 0 Å². The third-order valence-electron chi connectivity index (χ3n) is 5.09. The van der Waals surface area contributed by atoms with Crippen LogP contribution in [0.3, 0.4) is 0 Å². The number of rotatable bonds is 7. The lowest BCUT2D eigenvalue weighted by Gasteiger charge is -2.42. The first-order chi connectivity index (χ1) is 12.5. The molecule has 8 nitrogen and oxygen atoms in total. The Morgan fingerprint density at radius 2 is 2.00 bits per heavy atom. The number of ether oxygens (including phenoxy) is 1. The standard InChI is InChI=1S/C19H28O8/c1-18(2,25)13-9-19(26)16(24)15(23)11(12(10-20)17(19)27-13)7-5-3-4-6-8-14(21)22/h3-5,7,13,15-17,20,23-26H,6,8-10H2,1-2H3,(H,21,22)/b4-3+,7-5+. The van der Waals surface area contributed by atoms with Crippen molar-refractivity contribution in [2.75, 3.05) is 6.61 Å². The van der Waals surface area contributed by atoms with Gasteiger partial charge in [0.2, 0.25) is 0 Å². The van der Waals surface area contributed by atoms with E-state index in [1.165, 1.54) is 19.9 Å². The maximum Gasteiger partial charge on any atom is 0.303 e. The molecule has 6 N–H and O–H groups in total. The Hall–Kier alpha value is -1.55. The molecule has 1 saturated heterocycles. The van der Waals surface area contributed by atoms with Crippen LogP contribution in [-0.4, -0.2) is 78.8 Å². The van der Waals surface area contributed by atoms with Crippen molar-refractivity contribution in [3.63, 3.8) is 0 Å². The number of hydrogen-bond donors (Lipinski definition) is 6. The normalized spacial score (nSPS) is 34.6. The molecule has 0 saturated carbocycles. The van der Waals surface area contributed by atoms with E-state index >= 15 is 0 Å². The number of aliphatic hydroxyl groups is 5. The maximum absolute atomic E-state index is 10.9. The number of carbonyl (C=O) groups is 1. The van der Waals surface area contributed by atoms with Gasteiger partial charge in [0.1, 0.15) is 23.9 Å². The van der Waals surface area contributed by atoms with Crippen LogP contribution in [0.5, 0.6) is 0 Å². The number of aliphatic hydroxyl groups excluding tert-OH is 3. The molecule has 0 bridgehead atoms. The predicted octanol–water partition coefficient (Wildman–Crippen LogP) is -0.353. The highest BCUT2D eigenvalue weighted by Crippen LogP contribution is 2.46. The van der Waals surface area contributed by atoms with E-state index in [4.69, 9.17) is 9.84 Å². The van der Waals surface area contributed by atoms with Crippen LogP contribution in [-0.2, 0) is 9.53 Å². The summed E-state index contributed by atoms with van der Waals surface area (Å²) in [6, 6.07) is 0. The Bertz CT molecular complexity index is 645. The molecule has 1 fully saturated rings. The second-order valence-corrected chi connectivity index (χ2v) is 7.60. The van der Waals surface area contributed by atoms with E-state index in [2.05, 4.69) is 0 Å². The van der Waals surface area contributed by atoms with E-state index in [0.29, 0.717) is 6.42 Å². The third-order valence-corrected chi connectivity index (χ3v) is 5.09. The predicted molar refractivity (Wildman–Crippen MR) is 95.8 cm³/mol. The van der Waals surface area contributed by atoms with E-state index in [9.17, 15) is 30.3 Å². The summed E-state index contributed by atoms with van der Waals surface area (Å²) in [5.41, 5.74) is -2.64. The zero-order chi connectivity index (χ0) is 20.4. The Morgan fingerprint density at radius 1 is 1.33 bits per heavy atom. The Kier molecular flexibility index (Phi) is 6.62. The molecule has 152 valence electrons. The van der Waals surface area contributed by atoms with E-state index in [0.717, 1.165) is 0 Å².